The van der Waals surface area contributed by atoms with E-state index in [-0.39, 0.29) is 17.4 Å². The quantitative estimate of drug-likeness (QED) is 0.823. The Hall–Kier alpha value is -2.63. The summed E-state index contributed by atoms with van der Waals surface area (Å²) in [6.07, 6.45) is 2.25. The van der Waals surface area contributed by atoms with Gasteiger partial charge in [0.1, 0.15) is 11.7 Å². The van der Waals surface area contributed by atoms with Crippen LogP contribution in [-0.4, -0.2) is 27.6 Å². The lowest BCUT2D eigenvalue weighted by atomic mass is 10.1. The third kappa shape index (κ3) is 4.76. The molecule has 6 nitrogen and oxygen atoms in total. The molecule has 0 bridgehead atoms. The number of benzene rings is 1. The van der Waals surface area contributed by atoms with Gasteiger partial charge in [-0.05, 0) is 52.2 Å². The van der Waals surface area contributed by atoms with E-state index in [0.717, 1.165) is 24.1 Å². The van der Waals surface area contributed by atoms with Gasteiger partial charge in [0.15, 0.2) is 0 Å². The molecule has 0 radical (unpaired) electrons. The number of rotatable bonds is 6. The summed E-state index contributed by atoms with van der Waals surface area (Å²) in [5.74, 6) is -0.0186. The summed E-state index contributed by atoms with van der Waals surface area (Å²) in [5.41, 5.74) is 2.19. The third-order valence-electron chi connectivity index (χ3n) is 4.64. The number of nitrogens with one attached hydrogen (secondary N) is 2. The van der Waals surface area contributed by atoms with Crippen molar-refractivity contribution in [1.29, 1.82) is 0 Å². The third-order valence-corrected chi connectivity index (χ3v) is 4.64. The molecule has 1 saturated carbocycles. The van der Waals surface area contributed by atoms with Crippen LogP contribution in [0.25, 0.3) is 0 Å². The molecule has 3 rings (SSSR count). The first kappa shape index (κ1) is 19.1. The van der Waals surface area contributed by atoms with Crippen molar-refractivity contribution in [1.82, 2.24) is 20.4 Å². The Bertz CT molecular complexity index is 816. The molecule has 1 aromatic heterocycles. The van der Waals surface area contributed by atoms with Gasteiger partial charge >= 0.3 is 0 Å². The fraction of sp³-hybridized carbons (Fsp3) is 0.476. The highest BCUT2D eigenvalue weighted by Crippen LogP contribution is 2.40. The van der Waals surface area contributed by atoms with Crippen LogP contribution < -0.4 is 10.6 Å². The highest BCUT2D eigenvalue weighted by Gasteiger charge is 2.31. The predicted molar refractivity (Wildman–Crippen MR) is 104 cm³/mol. The molecule has 2 N–H and O–H groups in total. The van der Waals surface area contributed by atoms with Crippen LogP contribution in [0.15, 0.2) is 36.4 Å². The lowest BCUT2D eigenvalue weighted by Crippen LogP contribution is -2.45. The Kier molecular flexibility index (Phi) is 5.35. The Morgan fingerprint density at radius 2 is 1.89 bits per heavy atom. The van der Waals surface area contributed by atoms with E-state index >= 15 is 0 Å². The van der Waals surface area contributed by atoms with Crippen LogP contribution in [-0.2, 0) is 16.9 Å². The molecule has 1 aliphatic carbocycles. The zero-order valence-corrected chi connectivity index (χ0v) is 16.5. The number of nitrogens with zero attached hydrogens (tertiary/aromatic N) is 2. The van der Waals surface area contributed by atoms with E-state index in [1.807, 2.05) is 57.2 Å². The summed E-state index contributed by atoms with van der Waals surface area (Å²) in [5, 5.41) is 10.3. The topological polar surface area (TPSA) is 76.0 Å². The zero-order valence-electron chi connectivity index (χ0n) is 16.5. The molecule has 1 aromatic carbocycles. The molecule has 1 fully saturated rings. The lowest BCUT2D eigenvalue weighted by Gasteiger charge is -2.22. The van der Waals surface area contributed by atoms with Crippen LogP contribution in [0.5, 0.6) is 0 Å². The molecule has 2 amide bonds. The van der Waals surface area contributed by atoms with Gasteiger partial charge in [0.25, 0.3) is 5.91 Å². The number of hydrogen-bond acceptors (Lipinski definition) is 3. The van der Waals surface area contributed by atoms with E-state index in [9.17, 15) is 9.59 Å². The van der Waals surface area contributed by atoms with Crippen LogP contribution in [0.1, 0.15) is 68.2 Å². The number of carbonyl (C=O) groups is 2. The van der Waals surface area contributed by atoms with Gasteiger partial charge < -0.3 is 10.6 Å². The number of hydrogen-bond donors (Lipinski definition) is 2. The molecule has 1 unspecified atom stereocenters. The maximum atomic E-state index is 12.8. The van der Waals surface area contributed by atoms with Gasteiger partial charge in [0.05, 0.1) is 11.2 Å². The maximum Gasteiger partial charge on any atom is 0.270 e. The summed E-state index contributed by atoms with van der Waals surface area (Å²) in [6.45, 7) is 8.18. The second-order valence-electron chi connectivity index (χ2n) is 8.21. The summed E-state index contributed by atoms with van der Waals surface area (Å²) in [6, 6.07) is 10.9. The molecule has 27 heavy (non-hydrogen) atoms. The van der Waals surface area contributed by atoms with Crippen LogP contribution in [0, 0.1) is 0 Å². The van der Waals surface area contributed by atoms with Gasteiger partial charge in [-0.3, -0.25) is 14.3 Å². The van der Waals surface area contributed by atoms with Crippen molar-refractivity contribution in [2.75, 3.05) is 0 Å². The Labute approximate surface area is 160 Å². The highest BCUT2D eigenvalue weighted by atomic mass is 16.2. The second kappa shape index (κ2) is 7.55. The van der Waals surface area contributed by atoms with Gasteiger partial charge in [0.2, 0.25) is 5.91 Å². The summed E-state index contributed by atoms with van der Waals surface area (Å²) < 4.78 is 1.77. The first-order chi connectivity index (χ1) is 12.8. The lowest BCUT2D eigenvalue weighted by molar-refractivity contribution is -0.122. The van der Waals surface area contributed by atoms with E-state index in [4.69, 9.17) is 0 Å². The first-order valence-electron chi connectivity index (χ1n) is 9.48. The van der Waals surface area contributed by atoms with Crippen LogP contribution in [0.4, 0.5) is 0 Å². The molecule has 1 aliphatic rings. The van der Waals surface area contributed by atoms with Gasteiger partial charge in [-0.2, -0.15) is 5.10 Å². The molecule has 0 saturated heterocycles. The Morgan fingerprint density at radius 3 is 2.48 bits per heavy atom. The molecular weight excluding hydrogens is 340 g/mol. The standard InChI is InChI=1S/C21H28N4O2/c1-14(19(26)22-13-15-8-6-5-7-9-15)23-20(27)18-12-17(16-10-11-16)24-25(18)21(2,3)4/h5-9,12,14,16H,10-11,13H2,1-4H3,(H,22,26)(H,23,27). The first-order valence-corrected chi connectivity index (χ1v) is 9.48. The monoisotopic (exact) mass is 368 g/mol. The van der Waals surface area contributed by atoms with E-state index in [2.05, 4.69) is 15.7 Å². The molecular formula is C21H28N4O2. The fourth-order valence-electron chi connectivity index (χ4n) is 2.93. The smallest absolute Gasteiger partial charge is 0.270 e. The van der Waals surface area contributed by atoms with E-state index in [1.165, 1.54) is 0 Å². The van der Waals surface area contributed by atoms with Crippen molar-refractivity contribution in [3.8, 4) is 0 Å². The normalized spacial score (nSPS) is 15.3. The molecule has 0 spiro atoms. The number of aromatic nitrogens is 2. The van der Waals surface area contributed by atoms with E-state index in [0.29, 0.717) is 18.2 Å². The summed E-state index contributed by atoms with van der Waals surface area (Å²) >= 11 is 0. The Morgan fingerprint density at radius 1 is 1.22 bits per heavy atom. The second-order valence-corrected chi connectivity index (χ2v) is 8.21. The van der Waals surface area contributed by atoms with Gasteiger partial charge in [-0.25, -0.2) is 0 Å². The summed E-state index contributed by atoms with van der Waals surface area (Å²) in [4.78, 5) is 25.1. The van der Waals surface area contributed by atoms with Crippen LogP contribution >= 0.6 is 0 Å². The number of amides is 2. The zero-order chi connectivity index (χ0) is 19.6. The molecule has 144 valence electrons. The van der Waals surface area contributed by atoms with E-state index < -0.39 is 6.04 Å². The molecule has 0 aliphatic heterocycles. The van der Waals surface area contributed by atoms with Crippen molar-refractivity contribution in [3.63, 3.8) is 0 Å². The van der Waals surface area contributed by atoms with Crippen LogP contribution in [0.2, 0.25) is 0 Å². The minimum Gasteiger partial charge on any atom is -0.350 e. The van der Waals surface area contributed by atoms with Gasteiger partial charge in [-0.1, -0.05) is 30.3 Å². The fourth-order valence-corrected chi connectivity index (χ4v) is 2.93. The van der Waals surface area contributed by atoms with Gasteiger partial charge in [0, 0.05) is 12.5 Å². The van der Waals surface area contributed by atoms with Crippen molar-refractivity contribution in [2.45, 2.75) is 64.6 Å². The maximum absolute atomic E-state index is 12.8. The predicted octanol–water partition coefficient (Wildman–Crippen LogP) is 2.95. The van der Waals surface area contributed by atoms with Crippen molar-refractivity contribution in [3.05, 3.63) is 53.3 Å². The average Bonchev–Trinajstić information content (AvgIpc) is 3.37. The van der Waals surface area contributed by atoms with E-state index in [1.54, 1.807) is 11.6 Å². The Balaban J connectivity index is 1.64. The minimum atomic E-state index is -0.631. The number of carbonyl (C=O) groups excluding carboxylic acids is 2. The molecule has 2 aromatic rings. The molecule has 6 heteroatoms. The van der Waals surface area contributed by atoms with Gasteiger partial charge in [-0.15, -0.1) is 0 Å². The van der Waals surface area contributed by atoms with Crippen molar-refractivity contribution >= 4 is 11.8 Å². The van der Waals surface area contributed by atoms with Crippen molar-refractivity contribution in [2.24, 2.45) is 0 Å². The largest absolute Gasteiger partial charge is 0.350 e. The SMILES string of the molecule is CC(NC(=O)c1cc(C2CC2)nn1C(C)(C)C)C(=O)NCc1ccccc1. The molecule has 1 heterocycles. The minimum absolute atomic E-state index is 0.212. The van der Waals surface area contributed by atoms with Crippen molar-refractivity contribution < 1.29 is 9.59 Å². The summed E-state index contributed by atoms with van der Waals surface area (Å²) in [7, 11) is 0. The highest BCUT2D eigenvalue weighted by molar-refractivity contribution is 5.96. The average molecular weight is 368 g/mol. The molecule has 1 atom stereocenters. The van der Waals surface area contributed by atoms with Crippen LogP contribution in [0.3, 0.4) is 0 Å².